The lowest BCUT2D eigenvalue weighted by molar-refractivity contribution is -0.134. The van der Waals surface area contributed by atoms with Crippen LogP contribution >= 0.6 is 11.6 Å². The van der Waals surface area contributed by atoms with Crippen molar-refractivity contribution in [3.63, 3.8) is 0 Å². The van der Waals surface area contributed by atoms with Crippen molar-refractivity contribution in [2.75, 3.05) is 18.0 Å². The van der Waals surface area contributed by atoms with Gasteiger partial charge >= 0.3 is 6.03 Å². The van der Waals surface area contributed by atoms with Gasteiger partial charge in [-0.25, -0.2) is 4.79 Å². The van der Waals surface area contributed by atoms with Crippen LogP contribution in [0.2, 0.25) is 5.02 Å². The van der Waals surface area contributed by atoms with Crippen LogP contribution in [0.5, 0.6) is 0 Å². The molecule has 8 heteroatoms. The van der Waals surface area contributed by atoms with Gasteiger partial charge in [0.2, 0.25) is 5.91 Å². The molecule has 0 saturated carbocycles. The number of nitrogens with one attached hydrogen (secondary N) is 1. The minimum absolute atomic E-state index is 0.128. The summed E-state index contributed by atoms with van der Waals surface area (Å²) in [5.41, 5.74) is -0.119. The van der Waals surface area contributed by atoms with Crippen LogP contribution in [0.3, 0.4) is 0 Å². The van der Waals surface area contributed by atoms with Gasteiger partial charge in [0.1, 0.15) is 12.1 Å². The fourth-order valence-corrected chi connectivity index (χ4v) is 3.33. The molecule has 1 unspecified atom stereocenters. The minimum Gasteiger partial charge on any atom is -0.319 e. The number of para-hydroxylation sites is 1. The summed E-state index contributed by atoms with van der Waals surface area (Å²) in [6, 6.07) is 16.8. The highest BCUT2D eigenvalue weighted by atomic mass is 35.5. The molecule has 1 heterocycles. The molecule has 0 radical (unpaired) electrons. The molecule has 4 amide bonds. The van der Waals surface area contributed by atoms with Gasteiger partial charge in [-0.2, -0.15) is 5.26 Å². The molecule has 1 aliphatic heterocycles. The number of hydrogen-bond donors (Lipinski definition) is 1. The number of rotatable bonds is 6. The Morgan fingerprint density at radius 2 is 1.83 bits per heavy atom. The number of halogens is 1. The Kier molecular flexibility index (Phi) is 5.85. The highest BCUT2D eigenvalue weighted by Gasteiger charge is 2.49. The lowest BCUT2D eigenvalue weighted by Gasteiger charge is -2.25. The molecule has 3 rings (SSSR count). The largest absolute Gasteiger partial charge is 0.325 e. The molecule has 0 aliphatic carbocycles. The lowest BCUT2D eigenvalue weighted by atomic mass is 9.92. The molecule has 1 fully saturated rings. The first-order chi connectivity index (χ1) is 13.9. The van der Waals surface area contributed by atoms with Crippen molar-refractivity contribution < 1.29 is 14.4 Å². The van der Waals surface area contributed by atoms with Crippen LogP contribution in [-0.4, -0.2) is 35.8 Å². The zero-order valence-corrected chi connectivity index (χ0v) is 16.5. The quantitative estimate of drug-likeness (QED) is 0.740. The topological polar surface area (TPSA) is 93.5 Å². The van der Waals surface area contributed by atoms with Crippen molar-refractivity contribution in [3.8, 4) is 6.07 Å². The molecule has 0 spiro atoms. The molecule has 1 saturated heterocycles. The minimum atomic E-state index is -1.29. The Labute approximate surface area is 173 Å². The van der Waals surface area contributed by atoms with E-state index in [0.29, 0.717) is 16.3 Å². The first kappa shape index (κ1) is 20.4. The number of benzene rings is 2. The lowest BCUT2D eigenvalue weighted by Crippen LogP contribution is -2.45. The summed E-state index contributed by atoms with van der Waals surface area (Å²) in [4.78, 5) is 40.7. The number of anilines is 1. The summed E-state index contributed by atoms with van der Waals surface area (Å²) >= 11 is 5.91. The van der Waals surface area contributed by atoms with E-state index in [-0.39, 0.29) is 13.0 Å². The van der Waals surface area contributed by atoms with Gasteiger partial charge in [0, 0.05) is 17.3 Å². The van der Waals surface area contributed by atoms with E-state index >= 15 is 0 Å². The van der Waals surface area contributed by atoms with E-state index in [0.717, 1.165) is 4.90 Å². The Hall–Kier alpha value is -3.37. The standard InChI is InChI=1S/C21H19ClN4O3/c1-21(15-8-10-16(22)11-9-15)19(28)26(20(29)24-21)14-18(27)25(13-5-12-23)17-6-3-2-4-7-17/h2-4,6-11H,5,13-14H2,1H3,(H,24,29). The highest BCUT2D eigenvalue weighted by molar-refractivity contribution is 6.30. The van der Waals surface area contributed by atoms with Gasteiger partial charge in [-0.05, 0) is 36.8 Å². The van der Waals surface area contributed by atoms with E-state index in [9.17, 15) is 14.4 Å². The summed E-state index contributed by atoms with van der Waals surface area (Å²) < 4.78 is 0. The van der Waals surface area contributed by atoms with Gasteiger partial charge in [-0.1, -0.05) is 41.9 Å². The number of amides is 4. The SMILES string of the molecule is CC1(c2ccc(Cl)cc2)NC(=O)N(CC(=O)N(CCC#N)c2ccccc2)C1=O. The van der Waals surface area contributed by atoms with Gasteiger partial charge < -0.3 is 10.2 Å². The second kappa shape index (κ2) is 8.33. The number of hydrogen-bond acceptors (Lipinski definition) is 4. The second-order valence-electron chi connectivity index (χ2n) is 6.74. The van der Waals surface area contributed by atoms with Crippen LogP contribution in [0.15, 0.2) is 54.6 Å². The number of urea groups is 1. The van der Waals surface area contributed by atoms with E-state index in [2.05, 4.69) is 5.32 Å². The van der Waals surface area contributed by atoms with Crippen LogP contribution < -0.4 is 10.2 Å². The summed E-state index contributed by atoms with van der Waals surface area (Å²) in [6.45, 7) is 1.33. The van der Waals surface area contributed by atoms with Crippen LogP contribution in [0.1, 0.15) is 18.9 Å². The number of carbonyl (C=O) groups is 3. The molecule has 2 aromatic carbocycles. The molecule has 1 atom stereocenters. The van der Waals surface area contributed by atoms with E-state index in [1.54, 1.807) is 55.5 Å². The normalized spacial score (nSPS) is 18.3. The molecule has 2 aromatic rings. The van der Waals surface area contributed by atoms with Crippen molar-refractivity contribution >= 4 is 35.1 Å². The molecule has 148 valence electrons. The average molecular weight is 411 g/mol. The third-order valence-corrected chi connectivity index (χ3v) is 5.06. The zero-order valence-electron chi connectivity index (χ0n) is 15.8. The monoisotopic (exact) mass is 410 g/mol. The van der Waals surface area contributed by atoms with Gasteiger partial charge in [0.25, 0.3) is 5.91 Å². The molecule has 1 N–H and O–H groups in total. The molecule has 0 aromatic heterocycles. The smallest absolute Gasteiger partial charge is 0.319 e. The summed E-state index contributed by atoms with van der Waals surface area (Å²) in [6.07, 6.45) is 0.128. The Bertz CT molecular complexity index is 972. The fraction of sp³-hybridized carbons (Fsp3) is 0.238. The van der Waals surface area contributed by atoms with Crippen molar-refractivity contribution in [3.05, 3.63) is 65.2 Å². The summed E-state index contributed by atoms with van der Waals surface area (Å²) in [5.74, 6) is -0.971. The predicted octanol–water partition coefficient (Wildman–Crippen LogP) is 3.05. The maximum atomic E-state index is 13.0. The van der Waals surface area contributed by atoms with E-state index in [4.69, 9.17) is 16.9 Å². The number of nitrogens with zero attached hydrogens (tertiary/aromatic N) is 3. The van der Waals surface area contributed by atoms with Gasteiger partial charge in [0.05, 0.1) is 12.5 Å². The number of carbonyl (C=O) groups excluding carboxylic acids is 3. The second-order valence-corrected chi connectivity index (χ2v) is 7.18. The predicted molar refractivity (Wildman–Crippen MR) is 108 cm³/mol. The zero-order chi connectivity index (χ0) is 21.0. The summed E-state index contributed by atoms with van der Waals surface area (Å²) in [5, 5.41) is 12.1. The van der Waals surface area contributed by atoms with Gasteiger partial charge in [-0.15, -0.1) is 0 Å². The third-order valence-electron chi connectivity index (χ3n) is 4.81. The third kappa shape index (κ3) is 4.08. The van der Waals surface area contributed by atoms with Crippen LogP contribution in [-0.2, 0) is 15.1 Å². The highest BCUT2D eigenvalue weighted by Crippen LogP contribution is 2.29. The van der Waals surface area contributed by atoms with Crippen LogP contribution in [0.4, 0.5) is 10.5 Å². The van der Waals surface area contributed by atoms with Crippen molar-refractivity contribution in [1.82, 2.24) is 10.2 Å². The van der Waals surface area contributed by atoms with E-state index in [1.165, 1.54) is 4.90 Å². The van der Waals surface area contributed by atoms with Crippen LogP contribution in [0, 0.1) is 11.3 Å². The average Bonchev–Trinajstić information content (AvgIpc) is 2.93. The van der Waals surface area contributed by atoms with E-state index in [1.807, 2.05) is 12.1 Å². The van der Waals surface area contributed by atoms with Crippen LogP contribution in [0.25, 0.3) is 0 Å². The maximum Gasteiger partial charge on any atom is 0.325 e. The molecule has 1 aliphatic rings. The van der Waals surface area contributed by atoms with E-state index < -0.39 is 29.9 Å². The number of imide groups is 1. The molecular formula is C21H19ClN4O3. The first-order valence-corrected chi connectivity index (χ1v) is 9.37. The van der Waals surface area contributed by atoms with Crippen molar-refractivity contribution in [2.45, 2.75) is 18.9 Å². The van der Waals surface area contributed by atoms with Gasteiger partial charge in [-0.3, -0.25) is 14.5 Å². The Balaban J connectivity index is 1.82. The molecular weight excluding hydrogens is 392 g/mol. The fourth-order valence-electron chi connectivity index (χ4n) is 3.21. The van der Waals surface area contributed by atoms with Crippen molar-refractivity contribution in [2.24, 2.45) is 0 Å². The van der Waals surface area contributed by atoms with Crippen molar-refractivity contribution in [1.29, 1.82) is 5.26 Å². The van der Waals surface area contributed by atoms with Gasteiger partial charge in [0.15, 0.2) is 0 Å². The molecule has 7 nitrogen and oxygen atoms in total. The summed E-state index contributed by atoms with van der Waals surface area (Å²) in [7, 11) is 0. The Morgan fingerprint density at radius 3 is 2.45 bits per heavy atom. The maximum absolute atomic E-state index is 13.0. The molecule has 29 heavy (non-hydrogen) atoms. The molecule has 0 bridgehead atoms. The first-order valence-electron chi connectivity index (χ1n) is 8.99. The number of nitriles is 1. The Morgan fingerprint density at radius 1 is 1.17 bits per heavy atom.